The summed E-state index contributed by atoms with van der Waals surface area (Å²) >= 11 is 0. The average molecular weight is 307 g/mol. The van der Waals surface area contributed by atoms with Crippen LogP contribution in [0.1, 0.15) is 30.1 Å². The van der Waals surface area contributed by atoms with Gasteiger partial charge in [0.2, 0.25) is 0 Å². The van der Waals surface area contributed by atoms with Crippen molar-refractivity contribution in [2.75, 3.05) is 12.4 Å². The Morgan fingerprint density at radius 1 is 1.45 bits per heavy atom. The molecule has 1 atom stereocenters. The zero-order valence-electron chi connectivity index (χ0n) is 12.3. The third-order valence-electron chi connectivity index (χ3n) is 3.64. The van der Waals surface area contributed by atoms with Crippen LogP contribution < -0.4 is 5.32 Å². The highest BCUT2D eigenvalue weighted by Crippen LogP contribution is 2.31. The van der Waals surface area contributed by atoms with Crippen molar-refractivity contribution in [2.45, 2.75) is 31.8 Å². The minimum absolute atomic E-state index is 0.0867. The van der Waals surface area contributed by atoms with Crippen LogP contribution in [0, 0.1) is 10.1 Å². The normalized spacial score (nSPS) is 15.0. The third-order valence-corrected chi connectivity index (χ3v) is 3.64. The number of nitro benzene ring substituents is 1. The van der Waals surface area contributed by atoms with Gasteiger partial charge in [-0.1, -0.05) is 0 Å². The Morgan fingerprint density at radius 3 is 2.59 bits per heavy atom. The second-order valence-electron chi connectivity index (χ2n) is 5.34. The molecule has 1 aromatic carbocycles. The number of nitrogens with zero attached hydrogens (tertiary/aromatic N) is 2. The summed E-state index contributed by atoms with van der Waals surface area (Å²) in [6.07, 6.45) is 1.94. The lowest BCUT2D eigenvalue weighted by atomic mass is 10.1. The zero-order chi connectivity index (χ0) is 16.4. The van der Waals surface area contributed by atoms with Crippen LogP contribution >= 0.6 is 0 Å². The van der Waals surface area contributed by atoms with E-state index in [0.29, 0.717) is 5.69 Å². The standard InChI is InChI=1S/C14H17N3O5/c1-8(14(19)20)16(2)13(18)9-3-6-11(15-10-4-5-10)12(7-9)17(21)22/h3,6-8,10,15H,4-5H2,1-2H3,(H,19,20). The van der Waals surface area contributed by atoms with Gasteiger partial charge in [0.15, 0.2) is 0 Å². The van der Waals surface area contributed by atoms with Crippen LogP contribution in [0.15, 0.2) is 18.2 Å². The molecule has 1 aromatic rings. The largest absolute Gasteiger partial charge is 0.480 e. The Morgan fingerprint density at radius 2 is 2.09 bits per heavy atom. The fraction of sp³-hybridized carbons (Fsp3) is 0.429. The molecule has 0 saturated heterocycles. The first-order chi connectivity index (χ1) is 10.3. The predicted molar refractivity (Wildman–Crippen MR) is 78.9 cm³/mol. The number of carbonyl (C=O) groups excluding carboxylic acids is 1. The minimum Gasteiger partial charge on any atom is -0.480 e. The summed E-state index contributed by atoms with van der Waals surface area (Å²) < 4.78 is 0. The topological polar surface area (TPSA) is 113 Å². The maximum atomic E-state index is 12.2. The average Bonchev–Trinajstić information content (AvgIpc) is 3.28. The van der Waals surface area contributed by atoms with Gasteiger partial charge in [0.05, 0.1) is 4.92 Å². The number of nitrogens with one attached hydrogen (secondary N) is 1. The van der Waals surface area contributed by atoms with Crippen LogP contribution in [0.2, 0.25) is 0 Å². The molecule has 1 unspecified atom stereocenters. The molecule has 0 aliphatic heterocycles. The maximum Gasteiger partial charge on any atom is 0.326 e. The van der Waals surface area contributed by atoms with Crippen molar-refractivity contribution in [3.63, 3.8) is 0 Å². The van der Waals surface area contributed by atoms with Crippen molar-refractivity contribution in [1.82, 2.24) is 4.90 Å². The van der Waals surface area contributed by atoms with E-state index < -0.39 is 22.8 Å². The molecule has 1 amide bonds. The molecule has 2 N–H and O–H groups in total. The second kappa shape index (κ2) is 6.00. The van der Waals surface area contributed by atoms with Crippen molar-refractivity contribution >= 4 is 23.3 Å². The summed E-state index contributed by atoms with van der Waals surface area (Å²) in [5, 5.41) is 23.1. The van der Waals surface area contributed by atoms with E-state index in [4.69, 9.17) is 5.11 Å². The van der Waals surface area contributed by atoms with E-state index in [1.54, 1.807) is 0 Å². The summed E-state index contributed by atoms with van der Waals surface area (Å²) in [4.78, 5) is 34.8. The molecule has 1 aliphatic rings. The highest BCUT2D eigenvalue weighted by Gasteiger charge is 2.27. The highest BCUT2D eigenvalue weighted by atomic mass is 16.6. The smallest absolute Gasteiger partial charge is 0.326 e. The van der Waals surface area contributed by atoms with E-state index in [-0.39, 0.29) is 17.3 Å². The van der Waals surface area contributed by atoms with Crippen molar-refractivity contribution in [1.29, 1.82) is 0 Å². The van der Waals surface area contributed by atoms with Crippen LogP contribution in [-0.2, 0) is 4.79 Å². The fourth-order valence-corrected chi connectivity index (χ4v) is 1.93. The van der Waals surface area contributed by atoms with Gasteiger partial charge in [-0.05, 0) is 31.9 Å². The number of benzene rings is 1. The van der Waals surface area contributed by atoms with Crippen LogP contribution in [-0.4, -0.2) is 45.9 Å². The summed E-state index contributed by atoms with van der Waals surface area (Å²) in [7, 11) is 1.35. The summed E-state index contributed by atoms with van der Waals surface area (Å²) in [6.45, 7) is 1.37. The lowest BCUT2D eigenvalue weighted by Crippen LogP contribution is -2.40. The number of anilines is 1. The molecule has 0 bridgehead atoms. The molecule has 0 radical (unpaired) electrons. The Bertz CT molecular complexity index is 627. The second-order valence-corrected chi connectivity index (χ2v) is 5.34. The molecule has 0 aromatic heterocycles. The van der Waals surface area contributed by atoms with Gasteiger partial charge >= 0.3 is 5.97 Å². The number of nitro groups is 1. The molecule has 118 valence electrons. The van der Waals surface area contributed by atoms with Crippen molar-refractivity contribution in [2.24, 2.45) is 0 Å². The number of amides is 1. The molecule has 1 saturated carbocycles. The quantitative estimate of drug-likeness (QED) is 0.611. The molecule has 0 heterocycles. The molecular weight excluding hydrogens is 290 g/mol. The van der Waals surface area contributed by atoms with Gasteiger partial charge in [-0.25, -0.2) is 4.79 Å². The van der Waals surface area contributed by atoms with Crippen molar-refractivity contribution in [3.05, 3.63) is 33.9 Å². The summed E-state index contributed by atoms with van der Waals surface area (Å²) in [6, 6.07) is 3.36. The minimum atomic E-state index is -1.14. The molecule has 0 spiro atoms. The number of carboxylic acids is 1. The lowest BCUT2D eigenvalue weighted by molar-refractivity contribution is -0.384. The molecule has 1 aliphatic carbocycles. The number of likely N-dealkylation sites (N-methyl/N-ethyl adjacent to an activating group) is 1. The van der Waals surface area contributed by atoms with Crippen LogP contribution in [0.5, 0.6) is 0 Å². The van der Waals surface area contributed by atoms with E-state index in [0.717, 1.165) is 17.7 Å². The highest BCUT2D eigenvalue weighted by molar-refractivity contribution is 5.97. The third kappa shape index (κ3) is 3.33. The van der Waals surface area contributed by atoms with E-state index >= 15 is 0 Å². The number of hydrogen-bond donors (Lipinski definition) is 2. The van der Waals surface area contributed by atoms with E-state index in [1.165, 1.54) is 32.2 Å². The Kier molecular flexibility index (Phi) is 4.30. The molecule has 1 fully saturated rings. The van der Waals surface area contributed by atoms with Gasteiger partial charge < -0.3 is 15.3 Å². The number of carboxylic acid groups (broad SMARTS) is 1. The molecule has 22 heavy (non-hydrogen) atoms. The van der Waals surface area contributed by atoms with Gasteiger partial charge in [-0.15, -0.1) is 0 Å². The first-order valence-corrected chi connectivity index (χ1v) is 6.86. The summed E-state index contributed by atoms with van der Waals surface area (Å²) in [5.41, 5.74) is 0.274. The number of hydrogen-bond acceptors (Lipinski definition) is 5. The van der Waals surface area contributed by atoms with E-state index in [9.17, 15) is 19.7 Å². The Hall–Kier alpha value is -2.64. The van der Waals surface area contributed by atoms with E-state index in [2.05, 4.69) is 5.32 Å². The van der Waals surface area contributed by atoms with Crippen molar-refractivity contribution in [3.8, 4) is 0 Å². The van der Waals surface area contributed by atoms with Crippen LogP contribution in [0.4, 0.5) is 11.4 Å². The van der Waals surface area contributed by atoms with E-state index in [1.807, 2.05) is 0 Å². The number of aliphatic carboxylic acids is 1. The fourth-order valence-electron chi connectivity index (χ4n) is 1.93. The van der Waals surface area contributed by atoms with Gasteiger partial charge in [0.1, 0.15) is 11.7 Å². The van der Waals surface area contributed by atoms with Gasteiger partial charge in [-0.3, -0.25) is 14.9 Å². The first kappa shape index (κ1) is 15.7. The SMILES string of the molecule is CC(C(=O)O)N(C)C(=O)c1ccc(NC2CC2)c([N+](=O)[O-])c1. The number of carbonyl (C=O) groups is 2. The first-order valence-electron chi connectivity index (χ1n) is 6.86. The predicted octanol–water partition coefficient (Wildman–Crippen LogP) is 1.71. The Balaban J connectivity index is 2.27. The Labute approximate surface area is 126 Å². The molecule has 8 nitrogen and oxygen atoms in total. The molecular formula is C14H17N3O5. The summed E-state index contributed by atoms with van der Waals surface area (Å²) in [5.74, 6) is -1.71. The number of rotatable bonds is 6. The monoisotopic (exact) mass is 307 g/mol. The van der Waals surface area contributed by atoms with Crippen LogP contribution in [0.3, 0.4) is 0 Å². The molecule has 8 heteroatoms. The van der Waals surface area contributed by atoms with Gasteiger partial charge in [0.25, 0.3) is 11.6 Å². The zero-order valence-corrected chi connectivity index (χ0v) is 12.3. The van der Waals surface area contributed by atoms with Gasteiger partial charge in [-0.2, -0.15) is 0 Å². The maximum absolute atomic E-state index is 12.2. The lowest BCUT2D eigenvalue weighted by Gasteiger charge is -2.21. The van der Waals surface area contributed by atoms with Crippen LogP contribution in [0.25, 0.3) is 0 Å². The van der Waals surface area contributed by atoms with Crippen molar-refractivity contribution < 1.29 is 19.6 Å². The van der Waals surface area contributed by atoms with Gasteiger partial charge in [0, 0.05) is 24.7 Å². The molecule has 2 rings (SSSR count).